The summed E-state index contributed by atoms with van der Waals surface area (Å²) in [5.41, 5.74) is -0.894. The highest BCUT2D eigenvalue weighted by atomic mass is 127. The highest BCUT2D eigenvalue weighted by Gasteiger charge is 2.23. The predicted molar refractivity (Wildman–Crippen MR) is 62.9 cm³/mol. The molecule has 0 amide bonds. The fourth-order valence-corrected chi connectivity index (χ4v) is 1.59. The van der Waals surface area contributed by atoms with Gasteiger partial charge in [0.05, 0.1) is 17.2 Å². The van der Waals surface area contributed by atoms with Gasteiger partial charge in [0, 0.05) is 0 Å². The molecule has 0 aliphatic rings. The lowest BCUT2D eigenvalue weighted by atomic mass is 10.2. The second-order valence-electron chi connectivity index (χ2n) is 2.71. The van der Waals surface area contributed by atoms with Crippen LogP contribution in [-0.2, 0) is 4.74 Å². The van der Waals surface area contributed by atoms with Crippen LogP contribution in [-0.4, -0.2) is 17.6 Å². The largest absolute Gasteiger partial charge is 0.462 e. The molecule has 0 fully saturated rings. The van der Waals surface area contributed by atoms with Crippen LogP contribution < -0.4 is 0 Å². The van der Waals surface area contributed by atoms with Crippen molar-refractivity contribution in [1.29, 1.82) is 0 Å². The maximum atomic E-state index is 12.6. The number of esters is 1. The highest BCUT2D eigenvalue weighted by molar-refractivity contribution is 14.1. The average molecular weight is 362 g/mol. The van der Waals surface area contributed by atoms with Crippen molar-refractivity contribution in [2.45, 2.75) is 13.3 Å². The molecule has 0 radical (unpaired) electrons. The first kappa shape index (κ1) is 13.6. The molecule has 0 unspecified atom stereocenters. The van der Waals surface area contributed by atoms with Crippen molar-refractivity contribution < 1.29 is 18.3 Å². The van der Waals surface area contributed by atoms with E-state index in [1.54, 1.807) is 29.5 Å². The molecule has 1 heterocycles. The second-order valence-corrected chi connectivity index (χ2v) is 4.14. The number of ether oxygens (including phenoxy) is 1. The summed E-state index contributed by atoms with van der Waals surface area (Å²) in [6, 6.07) is 1.15. The Labute approximate surface area is 109 Å². The molecule has 0 saturated carbocycles. The molecule has 0 N–H and O–H groups in total. The molecule has 88 valence electrons. The van der Waals surface area contributed by atoms with Crippen LogP contribution in [0.15, 0.2) is 6.07 Å². The molecule has 16 heavy (non-hydrogen) atoms. The van der Waals surface area contributed by atoms with Crippen molar-refractivity contribution in [1.82, 2.24) is 4.98 Å². The molecule has 0 atom stereocenters. The molecule has 1 aromatic heterocycles. The van der Waals surface area contributed by atoms with E-state index in [2.05, 4.69) is 9.72 Å². The van der Waals surface area contributed by atoms with Crippen LogP contribution in [0.4, 0.5) is 8.78 Å². The topological polar surface area (TPSA) is 39.2 Å². The number of halogens is 4. The average Bonchev–Trinajstić information content (AvgIpc) is 2.21. The van der Waals surface area contributed by atoms with Crippen LogP contribution in [0.3, 0.4) is 0 Å². The minimum Gasteiger partial charge on any atom is -0.462 e. The highest BCUT2D eigenvalue weighted by Crippen LogP contribution is 2.27. The summed E-state index contributed by atoms with van der Waals surface area (Å²) in [6.07, 6.45) is -2.84. The third-order valence-corrected chi connectivity index (χ3v) is 3.09. The van der Waals surface area contributed by atoms with Crippen molar-refractivity contribution in [3.63, 3.8) is 0 Å². The van der Waals surface area contributed by atoms with Gasteiger partial charge in [-0.1, -0.05) is 11.6 Å². The lowest BCUT2D eigenvalue weighted by molar-refractivity contribution is 0.0513. The van der Waals surface area contributed by atoms with Crippen LogP contribution in [0.25, 0.3) is 0 Å². The molecular weight excluding hydrogens is 354 g/mol. The molecule has 1 aromatic rings. The Balaban J connectivity index is 3.24. The fraction of sp³-hybridized carbons (Fsp3) is 0.333. The first-order chi connectivity index (χ1) is 7.47. The van der Waals surface area contributed by atoms with Gasteiger partial charge < -0.3 is 4.74 Å². The number of alkyl halides is 2. The number of hydrogen-bond acceptors (Lipinski definition) is 3. The number of nitrogens with zero attached hydrogens (tertiary/aromatic N) is 1. The van der Waals surface area contributed by atoms with E-state index in [0.29, 0.717) is 0 Å². The van der Waals surface area contributed by atoms with Crippen LogP contribution >= 0.6 is 34.2 Å². The van der Waals surface area contributed by atoms with Gasteiger partial charge in [0.2, 0.25) is 0 Å². The molecule has 7 heteroatoms. The summed E-state index contributed by atoms with van der Waals surface area (Å²) in [6.45, 7) is 1.69. The Morgan fingerprint density at radius 3 is 2.81 bits per heavy atom. The van der Waals surface area contributed by atoms with E-state index in [0.717, 1.165) is 6.07 Å². The first-order valence-corrected chi connectivity index (χ1v) is 5.74. The number of carbonyl (C=O) groups excluding carboxylic acids is 1. The SMILES string of the molecule is CCOC(=O)c1cc(Cl)c(I)nc1C(F)F. The summed E-state index contributed by atoms with van der Waals surface area (Å²) in [4.78, 5) is 15.0. The molecule has 0 aliphatic heterocycles. The number of rotatable bonds is 3. The van der Waals surface area contributed by atoms with E-state index < -0.39 is 18.1 Å². The Morgan fingerprint density at radius 1 is 1.69 bits per heavy atom. The second kappa shape index (κ2) is 5.72. The molecule has 0 bridgehead atoms. The van der Waals surface area contributed by atoms with E-state index in [9.17, 15) is 13.6 Å². The van der Waals surface area contributed by atoms with Gasteiger partial charge in [-0.05, 0) is 35.6 Å². The van der Waals surface area contributed by atoms with Gasteiger partial charge in [0.25, 0.3) is 6.43 Å². The zero-order valence-corrected chi connectivity index (χ0v) is 11.1. The molecule has 0 aromatic carbocycles. The van der Waals surface area contributed by atoms with Crippen molar-refractivity contribution in [3.8, 4) is 0 Å². The number of aromatic nitrogens is 1. The predicted octanol–water partition coefficient (Wildman–Crippen LogP) is 3.45. The zero-order chi connectivity index (χ0) is 12.3. The Hall–Kier alpha value is -0.500. The van der Waals surface area contributed by atoms with Gasteiger partial charge in [-0.2, -0.15) is 0 Å². The van der Waals surface area contributed by atoms with Crippen molar-refractivity contribution in [3.05, 3.63) is 26.0 Å². The van der Waals surface area contributed by atoms with E-state index >= 15 is 0 Å². The zero-order valence-electron chi connectivity index (χ0n) is 8.14. The van der Waals surface area contributed by atoms with Crippen molar-refractivity contribution in [2.75, 3.05) is 6.61 Å². The van der Waals surface area contributed by atoms with E-state index in [1.807, 2.05) is 0 Å². The van der Waals surface area contributed by atoms with Crippen molar-refractivity contribution >= 4 is 40.2 Å². The molecule has 0 spiro atoms. The number of hydrogen-bond donors (Lipinski definition) is 0. The molecule has 1 rings (SSSR count). The van der Waals surface area contributed by atoms with E-state index in [1.165, 1.54) is 0 Å². The number of carbonyl (C=O) groups is 1. The maximum Gasteiger partial charge on any atom is 0.340 e. The molecule has 0 saturated heterocycles. The fourth-order valence-electron chi connectivity index (χ4n) is 1.02. The summed E-state index contributed by atoms with van der Waals surface area (Å²) < 4.78 is 30.1. The molecule has 0 aliphatic carbocycles. The quantitative estimate of drug-likeness (QED) is 0.470. The normalized spacial score (nSPS) is 10.6. The monoisotopic (exact) mass is 361 g/mol. The Kier molecular flexibility index (Phi) is 4.85. The van der Waals surface area contributed by atoms with Crippen molar-refractivity contribution in [2.24, 2.45) is 0 Å². The Bertz CT molecular complexity index is 415. The number of pyridine rings is 1. The summed E-state index contributed by atoms with van der Waals surface area (Å²) in [7, 11) is 0. The van der Waals surface area contributed by atoms with Gasteiger partial charge in [0.1, 0.15) is 9.39 Å². The summed E-state index contributed by atoms with van der Waals surface area (Å²) in [5.74, 6) is -0.844. The van der Waals surface area contributed by atoms with Crippen LogP contribution in [0.5, 0.6) is 0 Å². The Morgan fingerprint density at radius 2 is 2.31 bits per heavy atom. The third kappa shape index (κ3) is 3.00. The lowest BCUT2D eigenvalue weighted by Crippen LogP contribution is -2.11. The van der Waals surface area contributed by atoms with E-state index in [-0.39, 0.29) is 20.9 Å². The third-order valence-electron chi connectivity index (χ3n) is 1.66. The maximum absolute atomic E-state index is 12.6. The lowest BCUT2D eigenvalue weighted by Gasteiger charge is -2.08. The van der Waals surface area contributed by atoms with Gasteiger partial charge in [-0.3, -0.25) is 0 Å². The minimum absolute atomic E-state index is 0.102. The van der Waals surface area contributed by atoms with Crippen LogP contribution in [0.2, 0.25) is 5.02 Å². The van der Waals surface area contributed by atoms with Crippen LogP contribution in [0, 0.1) is 3.70 Å². The van der Waals surface area contributed by atoms with Gasteiger partial charge >= 0.3 is 5.97 Å². The standard InChI is InChI=1S/C9H7ClF2INO2/c1-2-16-9(15)4-3-5(10)8(13)14-6(4)7(11)12/h3,7H,2H2,1H3. The molecule has 3 nitrogen and oxygen atoms in total. The van der Waals surface area contributed by atoms with E-state index in [4.69, 9.17) is 11.6 Å². The van der Waals surface area contributed by atoms with Crippen LogP contribution in [0.1, 0.15) is 29.4 Å². The van der Waals surface area contributed by atoms with Gasteiger partial charge in [-0.25, -0.2) is 18.6 Å². The smallest absolute Gasteiger partial charge is 0.340 e. The molecular formula is C9H7ClF2INO2. The summed E-state index contributed by atoms with van der Waals surface area (Å²) in [5, 5.41) is 0.146. The minimum atomic E-state index is -2.84. The first-order valence-electron chi connectivity index (χ1n) is 4.28. The summed E-state index contributed by atoms with van der Waals surface area (Å²) >= 11 is 7.43. The van der Waals surface area contributed by atoms with Gasteiger partial charge in [0.15, 0.2) is 0 Å². The van der Waals surface area contributed by atoms with Gasteiger partial charge in [-0.15, -0.1) is 0 Å².